The first-order chi connectivity index (χ1) is 8.81. The topological polar surface area (TPSA) is 78.0 Å². The lowest BCUT2D eigenvalue weighted by atomic mass is 10.2. The van der Waals surface area contributed by atoms with Crippen LogP contribution in [0.5, 0.6) is 0 Å². The van der Waals surface area contributed by atoms with E-state index in [0.717, 1.165) is 0 Å². The summed E-state index contributed by atoms with van der Waals surface area (Å²) in [5.74, 6) is 5.03. The Labute approximate surface area is 104 Å². The molecule has 1 heterocycles. The smallest absolute Gasteiger partial charge is 0.273 e. The summed E-state index contributed by atoms with van der Waals surface area (Å²) in [7, 11) is 0. The first-order valence-electron chi connectivity index (χ1n) is 5.31. The van der Waals surface area contributed by atoms with E-state index in [0.29, 0.717) is 16.9 Å². The number of nitrogens with one attached hydrogen (secondary N) is 2. The molecule has 0 atom stereocenters. The number of hydrogen-bond donors (Lipinski definition) is 3. The number of anilines is 1. The Morgan fingerprint density at radius 3 is 2.94 bits per heavy atom. The SMILES string of the molecule is O=C(Nc1ccccc1C#CCO)c1ccn[nH]1. The van der Waals surface area contributed by atoms with Gasteiger partial charge in [0.15, 0.2) is 0 Å². The summed E-state index contributed by atoms with van der Waals surface area (Å²) in [6, 6.07) is 8.71. The number of para-hydroxylation sites is 1. The lowest BCUT2D eigenvalue weighted by molar-refractivity contribution is 0.102. The summed E-state index contributed by atoms with van der Waals surface area (Å²) >= 11 is 0. The van der Waals surface area contributed by atoms with Crippen molar-refractivity contribution in [3.63, 3.8) is 0 Å². The van der Waals surface area contributed by atoms with Gasteiger partial charge in [-0.05, 0) is 18.2 Å². The highest BCUT2D eigenvalue weighted by molar-refractivity contribution is 6.03. The third-order valence-electron chi connectivity index (χ3n) is 2.22. The molecule has 0 bridgehead atoms. The van der Waals surface area contributed by atoms with Crippen LogP contribution in [0.15, 0.2) is 36.5 Å². The molecule has 0 aliphatic carbocycles. The van der Waals surface area contributed by atoms with Crippen molar-refractivity contribution in [1.82, 2.24) is 10.2 Å². The van der Waals surface area contributed by atoms with Crippen LogP contribution in [0.4, 0.5) is 5.69 Å². The van der Waals surface area contributed by atoms with Gasteiger partial charge in [-0.1, -0.05) is 24.0 Å². The number of aromatic amines is 1. The molecule has 0 saturated heterocycles. The van der Waals surface area contributed by atoms with E-state index in [1.54, 1.807) is 24.3 Å². The van der Waals surface area contributed by atoms with Gasteiger partial charge >= 0.3 is 0 Å². The van der Waals surface area contributed by atoms with Gasteiger partial charge in [0, 0.05) is 11.8 Å². The van der Waals surface area contributed by atoms with E-state index < -0.39 is 0 Å². The van der Waals surface area contributed by atoms with E-state index in [9.17, 15) is 4.79 Å². The number of aliphatic hydroxyl groups excluding tert-OH is 1. The summed E-state index contributed by atoms with van der Waals surface area (Å²) in [6.07, 6.45) is 1.51. The van der Waals surface area contributed by atoms with Crippen LogP contribution in [-0.4, -0.2) is 27.8 Å². The third-order valence-corrected chi connectivity index (χ3v) is 2.22. The number of nitrogens with zero attached hydrogens (tertiary/aromatic N) is 1. The number of carbonyl (C=O) groups is 1. The molecule has 1 amide bonds. The molecule has 0 radical (unpaired) electrons. The first kappa shape index (κ1) is 11.9. The van der Waals surface area contributed by atoms with Crippen molar-refractivity contribution in [3.05, 3.63) is 47.8 Å². The van der Waals surface area contributed by atoms with Crippen LogP contribution < -0.4 is 5.32 Å². The van der Waals surface area contributed by atoms with Crippen LogP contribution in [0, 0.1) is 11.8 Å². The van der Waals surface area contributed by atoms with Crippen molar-refractivity contribution in [2.75, 3.05) is 11.9 Å². The van der Waals surface area contributed by atoms with E-state index in [1.165, 1.54) is 6.20 Å². The van der Waals surface area contributed by atoms with Gasteiger partial charge < -0.3 is 10.4 Å². The van der Waals surface area contributed by atoms with Crippen molar-refractivity contribution in [3.8, 4) is 11.8 Å². The Morgan fingerprint density at radius 1 is 1.39 bits per heavy atom. The van der Waals surface area contributed by atoms with Gasteiger partial charge in [0.1, 0.15) is 12.3 Å². The Bertz CT molecular complexity index is 594. The average Bonchev–Trinajstić information content (AvgIpc) is 2.91. The summed E-state index contributed by atoms with van der Waals surface area (Å²) < 4.78 is 0. The molecule has 3 N–H and O–H groups in total. The van der Waals surface area contributed by atoms with Gasteiger partial charge in [-0.3, -0.25) is 9.89 Å². The van der Waals surface area contributed by atoms with Gasteiger partial charge in [-0.25, -0.2) is 0 Å². The quantitative estimate of drug-likeness (QED) is 0.686. The average molecular weight is 241 g/mol. The third kappa shape index (κ3) is 2.75. The second-order valence-electron chi connectivity index (χ2n) is 3.43. The van der Waals surface area contributed by atoms with Crippen LogP contribution >= 0.6 is 0 Å². The van der Waals surface area contributed by atoms with Crippen molar-refractivity contribution in [2.24, 2.45) is 0 Å². The second kappa shape index (κ2) is 5.66. The number of rotatable bonds is 2. The van der Waals surface area contributed by atoms with E-state index in [2.05, 4.69) is 27.4 Å². The highest BCUT2D eigenvalue weighted by Crippen LogP contribution is 2.14. The second-order valence-corrected chi connectivity index (χ2v) is 3.43. The fraction of sp³-hybridized carbons (Fsp3) is 0.0769. The van der Waals surface area contributed by atoms with Crippen LogP contribution in [0.1, 0.15) is 16.1 Å². The van der Waals surface area contributed by atoms with Crippen LogP contribution in [0.2, 0.25) is 0 Å². The van der Waals surface area contributed by atoms with Crippen LogP contribution in [0.3, 0.4) is 0 Å². The Balaban J connectivity index is 2.21. The highest BCUT2D eigenvalue weighted by Gasteiger charge is 2.08. The predicted octanol–water partition coefficient (Wildman–Crippen LogP) is 1.01. The van der Waals surface area contributed by atoms with Crippen molar-refractivity contribution in [2.45, 2.75) is 0 Å². The molecule has 1 aromatic carbocycles. The van der Waals surface area contributed by atoms with Gasteiger partial charge in [-0.2, -0.15) is 5.10 Å². The van der Waals surface area contributed by atoms with E-state index >= 15 is 0 Å². The minimum absolute atomic E-state index is 0.219. The molecule has 2 aromatic rings. The molecule has 0 saturated carbocycles. The van der Waals surface area contributed by atoms with E-state index in [-0.39, 0.29) is 12.5 Å². The molecule has 1 aromatic heterocycles. The summed E-state index contributed by atoms with van der Waals surface area (Å²) in [4.78, 5) is 11.8. The number of benzene rings is 1. The first-order valence-corrected chi connectivity index (χ1v) is 5.31. The largest absolute Gasteiger partial charge is 0.384 e. The Hall–Kier alpha value is -2.58. The lowest BCUT2D eigenvalue weighted by Gasteiger charge is -2.05. The number of aliphatic hydroxyl groups is 1. The monoisotopic (exact) mass is 241 g/mol. The van der Waals surface area contributed by atoms with Crippen LogP contribution in [0.25, 0.3) is 0 Å². The number of hydrogen-bond acceptors (Lipinski definition) is 3. The molecule has 2 rings (SSSR count). The maximum Gasteiger partial charge on any atom is 0.273 e. The van der Waals surface area contributed by atoms with Crippen LogP contribution in [-0.2, 0) is 0 Å². The number of aromatic nitrogens is 2. The normalized spacial score (nSPS) is 9.39. The minimum atomic E-state index is -0.286. The molecule has 0 fully saturated rings. The fourth-order valence-corrected chi connectivity index (χ4v) is 1.41. The van der Waals surface area contributed by atoms with Gasteiger partial charge in [0.2, 0.25) is 0 Å². The van der Waals surface area contributed by atoms with Gasteiger partial charge in [0.05, 0.1) is 5.69 Å². The molecule has 0 aliphatic heterocycles. The van der Waals surface area contributed by atoms with Crippen molar-refractivity contribution >= 4 is 11.6 Å². The molecule has 0 aliphatic rings. The molecule has 5 heteroatoms. The Kier molecular flexibility index (Phi) is 3.74. The molecule has 5 nitrogen and oxygen atoms in total. The minimum Gasteiger partial charge on any atom is -0.384 e. The lowest BCUT2D eigenvalue weighted by Crippen LogP contribution is -2.13. The van der Waals surface area contributed by atoms with E-state index in [4.69, 9.17) is 5.11 Å². The zero-order valence-corrected chi connectivity index (χ0v) is 9.47. The van der Waals surface area contributed by atoms with Gasteiger partial charge in [-0.15, -0.1) is 0 Å². The highest BCUT2D eigenvalue weighted by atomic mass is 16.2. The number of H-pyrrole nitrogens is 1. The Morgan fingerprint density at radius 2 is 2.22 bits per heavy atom. The zero-order chi connectivity index (χ0) is 12.8. The fourth-order valence-electron chi connectivity index (χ4n) is 1.41. The maximum absolute atomic E-state index is 11.8. The summed E-state index contributed by atoms with van der Waals surface area (Å²) in [6.45, 7) is -0.219. The van der Waals surface area contributed by atoms with E-state index in [1.807, 2.05) is 6.07 Å². The molecule has 18 heavy (non-hydrogen) atoms. The molecular formula is C13H11N3O2. The molecule has 0 unspecified atom stereocenters. The number of amides is 1. The summed E-state index contributed by atoms with van der Waals surface area (Å²) in [5.41, 5.74) is 1.62. The zero-order valence-electron chi connectivity index (χ0n) is 9.47. The van der Waals surface area contributed by atoms with Crippen molar-refractivity contribution in [1.29, 1.82) is 0 Å². The molecule has 90 valence electrons. The number of carbonyl (C=O) groups excluding carboxylic acids is 1. The standard InChI is InChI=1S/C13H11N3O2/c17-9-3-5-10-4-1-2-6-11(10)15-13(18)12-7-8-14-16-12/h1-2,4,6-8,17H,9H2,(H,14,16)(H,15,18). The van der Waals surface area contributed by atoms with Crippen molar-refractivity contribution < 1.29 is 9.90 Å². The predicted molar refractivity (Wildman–Crippen MR) is 66.9 cm³/mol. The maximum atomic E-state index is 11.8. The molecular weight excluding hydrogens is 230 g/mol. The van der Waals surface area contributed by atoms with Gasteiger partial charge in [0.25, 0.3) is 5.91 Å². The summed E-state index contributed by atoms with van der Waals surface area (Å²) in [5, 5.41) is 17.7. The molecule has 0 spiro atoms.